The summed E-state index contributed by atoms with van der Waals surface area (Å²) < 4.78 is 10.0. The van der Waals surface area contributed by atoms with Crippen LogP contribution < -0.4 is 15.4 Å². The monoisotopic (exact) mass is 456 g/mol. The van der Waals surface area contributed by atoms with Crippen molar-refractivity contribution in [3.63, 3.8) is 0 Å². The van der Waals surface area contributed by atoms with Crippen molar-refractivity contribution in [2.75, 3.05) is 19.7 Å². The van der Waals surface area contributed by atoms with Crippen LogP contribution in [0.25, 0.3) is 11.4 Å². The Labute approximate surface area is 184 Å². The molecule has 0 bridgehead atoms. The van der Waals surface area contributed by atoms with Crippen LogP contribution in [0.3, 0.4) is 0 Å². The Bertz CT molecular complexity index is 1180. The average molecular weight is 456 g/mol. The summed E-state index contributed by atoms with van der Waals surface area (Å²) in [5.74, 6) is -1.50. The molecule has 0 saturated carbocycles. The molecule has 0 radical (unpaired) electrons. The number of amides is 2. The van der Waals surface area contributed by atoms with Crippen molar-refractivity contribution >= 4 is 23.2 Å². The Morgan fingerprint density at radius 1 is 0.970 bits per heavy atom. The molecule has 3 rings (SSSR count). The highest BCUT2D eigenvalue weighted by Gasteiger charge is 2.17. The lowest BCUT2D eigenvalue weighted by molar-refractivity contribution is -0.385. The second kappa shape index (κ2) is 10.4. The number of nitrogens with zero attached hydrogens (tertiary/aromatic N) is 4. The highest BCUT2D eigenvalue weighted by atomic mass is 16.6. The number of hydrogen-bond donors (Lipinski definition) is 2. The zero-order valence-corrected chi connectivity index (χ0v) is 16.8. The third-order valence-corrected chi connectivity index (χ3v) is 4.11. The van der Waals surface area contributed by atoms with Gasteiger partial charge in [0.15, 0.2) is 12.4 Å². The molecule has 0 atom stereocenters. The second-order valence-corrected chi connectivity index (χ2v) is 6.35. The summed E-state index contributed by atoms with van der Waals surface area (Å²) in [5.41, 5.74) is 0.0641. The molecular weight excluding hydrogens is 440 g/mol. The topological polar surface area (TPSA) is 193 Å². The lowest BCUT2D eigenvalue weighted by Gasteiger charge is -2.08. The van der Waals surface area contributed by atoms with Crippen molar-refractivity contribution in [2.24, 2.45) is 0 Å². The molecule has 170 valence electrons. The van der Waals surface area contributed by atoms with Gasteiger partial charge in [-0.2, -0.15) is 4.98 Å². The van der Waals surface area contributed by atoms with Gasteiger partial charge in [0.05, 0.1) is 9.85 Å². The fourth-order valence-corrected chi connectivity index (χ4v) is 2.54. The normalized spacial score (nSPS) is 10.3. The van der Waals surface area contributed by atoms with Crippen molar-refractivity contribution in [1.29, 1.82) is 0 Å². The molecule has 14 nitrogen and oxygen atoms in total. The maximum Gasteiger partial charge on any atom is 0.316 e. The van der Waals surface area contributed by atoms with Crippen molar-refractivity contribution in [3.8, 4) is 17.1 Å². The minimum Gasteiger partial charge on any atom is -0.477 e. The molecule has 0 aliphatic heterocycles. The molecule has 0 unspecified atom stereocenters. The molecule has 0 fully saturated rings. The SMILES string of the molecule is O=C(COc1ccccc1[N+](=O)[O-])NCCNC(=O)c1nc(-c2ccc([N+](=O)[O-])cc2)no1. The Hall–Kier alpha value is -4.88. The predicted octanol–water partition coefficient (Wildman–Crippen LogP) is 1.48. The van der Waals surface area contributed by atoms with E-state index in [9.17, 15) is 29.8 Å². The number of benzene rings is 2. The zero-order chi connectivity index (χ0) is 23.8. The first-order valence-electron chi connectivity index (χ1n) is 9.35. The van der Waals surface area contributed by atoms with Crippen LogP contribution in [0.2, 0.25) is 0 Å². The first kappa shape index (κ1) is 22.8. The van der Waals surface area contributed by atoms with Crippen molar-refractivity contribution in [1.82, 2.24) is 20.8 Å². The second-order valence-electron chi connectivity index (χ2n) is 6.35. The summed E-state index contributed by atoms with van der Waals surface area (Å²) in [5, 5.41) is 30.2. The van der Waals surface area contributed by atoms with E-state index < -0.39 is 28.3 Å². The molecule has 14 heteroatoms. The Morgan fingerprint density at radius 3 is 2.36 bits per heavy atom. The van der Waals surface area contributed by atoms with Crippen LogP contribution in [0.15, 0.2) is 53.1 Å². The predicted molar refractivity (Wildman–Crippen MR) is 110 cm³/mol. The van der Waals surface area contributed by atoms with Crippen LogP contribution in [0.4, 0.5) is 11.4 Å². The number of nitro benzene ring substituents is 2. The van der Waals surface area contributed by atoms with E-state index in [1.54, 1.807) is 6.07 Å². The van der Waals surface area contributed by atoms with Crippen LogP contribution in [-0.2, 0) is 4.79 Å². The molecule has 1 aromatic heterocycles. The molecular formula is C19H16N6O8. The molecule has 3 aromatic rings. The summed E-state index contributed by atoms with van der Waals surface area (Å²) in [4.78, 5) is 48.3. The number of aromatic nitrogens is 2. The number of nitro groups is 2. The van der Waals surface area contributed by atoms with Gasteiger partial charge in [-0.1, -0.05) is 17.3 Å². The number of rotatable bonds is 10. The number of para-hydroxylation sites is 2. The number of nitrogens with one attached hydrogen (secondary N) is 2. The van der Waals surface area contributed by atoms with Gasteiger partial charge in [0.1, 0.15) is 0 Å². The molecule has 2 N–H and O–H groups in total. The third kappa shape index (κ3) is 6.06. The van der Waals surface area contributed by atoms with Gasteiger partial charge in [-0.05, 0) is 18.2 Å². The summed E-state index contributed by atoms with van der Waals surface area (Å²) >= 11 is 0. The lowest BCUT2D eigenvalue weighted by atomic mass is 10.2. The standard InChI is InChI=1S/C19H16N6O8/c26-16(11-32-15-4-2-1-3-14(15)25(30)31)20-9-10-21-18(27)19-22-17(23-33-19)12-5-7-13(8-6-12)24(28)29/h1-8H,9-11H2,(H,20,26)(H,21,27). The number of hydrogen-bond acceptors (Lipinski definition) is 10. The van der Waals surface area contributed by atoms with E-state index in [1.165, 1.54) is 42.5 Å². The first-order chi connectivity index (χ1) is 15.8. The van der Waals surface area contributed by atoms with Gasteiger partial charge in [0.2, 0.25) is 5.82 Å². The zero-order valence-electron chi connectivity index (χ0n) is 16.8. The van der Waals surface area contributed by atoms with Crippen LogP contribution >= 0.6 is 0 Å². The number of carbonyl (C=O) groups excluding carboxylic acids is 2. The average Bonchev–Trinajstić information content (AvgIpc) is 3.31. The van der Waals surface area contributed by atoms with E-state index >= 15 is 0 Å². The molecule has 33 heavy (non-hydrogen) atoms. The van der Waals surface area contributed by atoms with Gasteiger partial charge in [0, 0.05) is 36.9 Å². The van der Waals surface area contributed by atoms with Crippen LogP contribution in [0, 0.1) is 20.2 Å². The van der Waals surface area contributed by atoms with Gasteiger partial charge in [-0.25, -0.2) is 0 Å². The smallest absolute Gasteiger partial charge is 0.316 e. The van der Waals surface area contributed by atoms with Gasteiger partial charge in [0.25, 0.3) is 11.6 Å². The van der Waals surface area contributed by atoms with E-state index in [0.29, 0.717) is 5.56 Å². The summed E-state index contributed by atoms with van der Waals surface area (Å²) in [7, 11) is 0. The van der Waals surface area contributed by atoms with E-state index in [-0.39, 0.29) is 41.9 Å². The van der Waals surface area contributed by atoms with Crippen molar-refractivity contribution in [3.05, 3.63) is 74.7 Å². The van der Waals surface area contributed by atoms with Crippen LogP contribution in [0.5, 0.6) is 5.75 Å². The number of ether oxygens (including phenoxy) is 1. The van der Waals surface area contributed by atoms with Gasteiger partial charge in [-0.3, -0.25) is 29.8 Å². The van der Waals surface area contributed by atoms with Gasteiger partial charge < -0.3 is 19.9 Å². The summed E-state index contributed by atoms with van der Waals surface area (Å²) in [6.07, 6.45) is 0. The Morgan fingerprint density at radius 2 is 1.67 bits per heavy atom. The van der Waals surface area contributed by atoms with Crippen molar-refractivity contribution in [2.45, 2.75) is 0 Å². The van der Waals surface area contributed by atoms with E-state index in [2.05, 4.69) is 20.8 Å². The Balaban J connectivity index is 1.42. The molecule has 0 spiro atoms. The third-order valence-electron chi connectivity index (χ3n) is 4.11. The van der Waals surface area contributed by atoms with E-state index in [0.717, 1.165) is 0 Å². The van der Waals surface area contributed by atoms with Crippen LogP contribution in [0.1, 0.15) is 10.7 Å². The minimum atomic E-state index is -0.680. The molecule has 2 aromatic carbocycles. The quantitative estimate of drug-likeness (QED) is 0.256. The molecule has 0 aliphatic carbocycles. The number of carbonyl (C=O) groups is 2. The molecule has 2 amide bonds. The fraction of sp³-hybridized carbons (Fsp3) is 0.158. The first-order valence-corrected chi connectivity index (χ1v) is 9.35. The van der Waals surface area contributed by atoms with Crippen LogP contribution in [-0.4, -0.2) is 51.5 Å². The maximum absolute atomic E-state index is 12.1. The van der Waals surface area contributed by atoms with Gasteiger partial charge in [-0.15, -0.1) is 0 Å². The lowest BCUT2D eigenvalue weighted by Crippen LogP contribution is -2.36. The summed E-state index contributed by atoms with van der Waals surface area (Å²) in [6, 6.07) is 11.0. The highest BCUT2D eigenvalue weighted by Crippen LogP contribution is 2.25. The molecule has 0 saturated heterocycles. The minimum absolute atomic E-state index is 0.0330. The Kier molecular flexibility index (Phi) is 7.20. The molecule has 0 aliphatic rings. The highest BCUT2D eigenvalue weighted by molar-refractivity contribution is 5.89. The fourth-order valence-electron chi connectivity index (χ4n) is 2.54. The van der Waals surface area contributed by atoms with E-state index in [4.69, 9.17) is 9.26 Å². The van der Waals surface area contributed by atoms with Crippen molar-refractivity contribution < 1.29 is 28.7 Å². The number of non-ortho nitro benzene ring substituents is 1. The summed E-state index contributed by atoms with van der Waals surface area (Å²) in [6.45, 7) is -0.361. The maximum atomic E-state index is 12.1. The largest absolute Gasteiger partial charge is 0.477 e. The van der Waals surface area contributed by atoms with E-state index in [1.807, 2.05) is 0 Å². The molecule has 1 heterocycles. The van der Waals surface area contributed by atoms with Gasteiger partial charge >= 0.3 is 17.5 Å².